The standard InChI is InChI=1S/C9H14N2O2S2/c1-7-6-14-9(11-7)10-5-8-3-2-4-15(8,12)13/h6,8H,2-5H2,1H3,(H,10,11). The predicted molar refractivity (Wildman–Crippen MR) is 62.1 cm³/mol. The maximum absolute atomic E-state index is 11.5. The van der Waals surface area contributed by atoms with E-state index in [2.05, 4.69) is 10.3 Å². The van der Waals surface area contributed by atoms with Crippen LogP contribution in [0.3, 0.4) is 0 Å². The van der Waals surface area contributed by atoms with Crippen LogP contribution < -0.4 is 5.32 Å². The van der Waals surface area contributed by atoms with Crippen molar-refractivity contribution in [3.8, 4) is 0 Å². The van der Waals surface area contributed by atoms with Crippen molar-refractivity contribution in [2.24, 2.45) is 0 Å². The molecule has 1 aromatic rings. The van der Waals surface area contributed by atoms with Crippen LogP contribution in [-0.2, 0) is 9.84 Å². The summed E-state index contributed by atoms with van der Waals surface area (Å²) < 4.78 is 23.1. The molecule has 0 spiro atoms. The van der Waals surface area contributed by atoms with Crippen LogP contribution in [0.15, 0.2) is 5.38 Å². The van der Waals surface area contributed by atoms with Crippen LogP contribution in [0.5, 0.6) is 0 Å². The van der Waals surface area contributed by atoms with Crippen LogP contribution in [0, 0.1) is 6.92 Å². The van der Waals surface area contributed by atoms with Gasteiger partial charge in [-0.05, 0) is 19.8 Å². The molecule has 1 saturated heterocycles. The number of thiazole rings is 1. The Morgan fingerprint density at radius 2 is 2.47 bits per heavy atom. The fraction of sp³-hybridized carbons (Fsp3) is 0.667. The topological polar surface area (TPSA) is 59.1 Å². The first-order chi connectivity index (χ1) is 7.08. The van der Waals surface area contributed by atoms with E-state index >= 15 is 0 Å². The molecule has 6 heteroatoms. The molecule has 2 rings (SSSR count). The Bertz CT molecular complexity index is 439. The minimum absolute atomic E-state index is 0.221. The molecule has 2 heterocycles. The average molecular weight is 246 g/mol. The molecule has 4 nitrogen and oxygen atoms in total. The van der Waals surface area contributed by atoms with Crippen molar-refractivity contribution in [2.45, 2.75) is 25.0 Å². The van der Waals surface area contributed by atoms with Crippen LogP contribution in [0.4, 0.5) is 5.13 Å². The van der Waals surface area contributed by atoms with Crippen molar-refractivity contribution in [3.63, 3.8) is 0 Å². The molecule has 1 fully saturated rings. The van der Waals surface area contributed by atoms with Crippen LogP contribution in [-0.4, -0.2) is 30.9 Å². The van der Waals surface area contributed by atoms with Gasteiger partial charge in [-0.3, -0.25) is 0 Å². The van der Waals surface area contributed by atoms with E-state index in [1.54, 1.807) is 0 Å². The van der Waals surface area contributed by atoms with Crippen molar-refractivity contribution >= 4 is 26.3 Å². The predicted octanol–water partition coefficient (Wildman–Crippen LogP) is 1.44. The second-order valence-corrected chi connectivity index (χ2v) is 7.06. The maximum Gasteiger partial charge on any atom is 0.182 e. The first-order valence-electron chi connectivity index (χ1n) is 4.95. The fourth-order valence-corrected chi connectivity index (χ4v) is 4.19. The lowest BCUT2D eigenvalue weighted by Gasteiger charge is -2.09. The third kappa shape index (κ3) is 2.49. The summed E-state index contributed by atoms with van der Waals surface area (Å²) in [6.45, 7) is 2.42. The lowest BCUT2D eigenvalue weighted by atomic mass is 10.2. The van der Waals surface area contributed by atoms with Crippen molar-refractivity contribution in [1.29, 1.82) is 0 Å². The van der Waals surface area contributed by atoms with E-state index in [1.807, 2.05) is 12.3 Å². The highest BCUT2D eigenvalue weighted by Crippen LogP contribution is 2.21. The zero-order chi connectivity index (χ0) is 10.9. The smallest absolute Gasteiger partial charge is 0.182 e. The number of aryl methyl sites for hydroxylation is 1. The molecule has 1 aliphatic heterocycles. The van der Waals surface area contributed by atoms with E-state index in [1.165, 1.54) is 11.3 Å². The van der Waals surface area contributed by atoms with Crippen LogP contribution in [0.2, 0.25) is 0 Å². The van der Waals surface area contributed by atoms with Crippen LogP contribution >= 0.6 is 11.3 Å². The van der Waals surface area contributed by atoms with Gasteiger partial charge in [0.1, 0.15) is 0 Å². The molecule has 0 bridgehead atoms. The molecule has 1 aliphatic rings. The Morgan fingerprint density at radius 3 is 3.00 bits per heavy atom. The van der Waals surface area contributed by atoms with Gasteiger partial charge in [-0.2, -0.15) is 0 Å². The van der Waals surface area contributed by atoms with Gasteiger partial charge in [0.2, 0.25) is 0 Å². The van der Waals surface area contributed by atoms with Crippen molar-refractivity contribution in [3.05, 3.63) is 11.1 Å². The van der Waals surface area contributed by atoms with Gasteiger partial charge < -0.3 is 5.32 Å². The Morgan fingerprint density at radius 1 is 1.67 bits per heavy atom. The molecule has 0 aromatic carbocycles. The number of hydrogen-bond acceptors (Lipinski definition) is 5. The van der Waals surface area contributed by atoms with Gasteiger partial charge in [0.15, 0.2) is 15.0 Å². The molecule has 0 amide bonds. The number of nitrogens with one attached hydrogen (secondary N) is 1. The molecule has 15 heavy (non-hydrogen) atoms. The molecule has 0 saturated carbocycles. The van der Waals surface area contributed by atoms with Crippen LogP contribution in [0.25, 0.3) is 0 Å². The van der Waals surface area contributed by atoms with E-state index in [9.17, 15) is 8.42 Å². The van der Waals surface area contributed by atoms with Gasteiger partial charge in [0, 0.05) is 11.9 Å². The Kier molecular flexibility index (Phi) is 2.97. The third-order valence-electron chi connectivity index (χ3n) is 2.56. The number of nitrogens with zero attached hydrogens (tertiary/aromatic N) is 1. The zero-order valence-corrected chi connectivity index (χ0v) is 10.2. The second kappa shape index (κ2) is 4.09. The fourth-order valence-electron chi connectivity index (χ4n) is 1.72. The summed E-state index contributed by atoms with van der Waals surface area (Å²) in [4.78, 5) is 4.23. The molecule has 0 radical (unpaired) electrons. The molecular formula is C9H14N2O2S2. The average Bonchev–Trinajstić information content (AvgIpc) is 2.69. The first kappa shape index (κ1) is 10.9. The SMILES string of the molecule is Cc1csc(NCC2CCCS2(=O)=O)n1. The van der Waals surface area contributed by atoms with E-state index in [-0.39, 0.29) is 5.25 Å². The molecule has 84 valence electrons. The van der Waals surface area contributed by atoms with E-state index in [4.69, 9.17) is 0 Å². The number of anilines is 1. The molecule has 1 atom stereocenters. The highest BCUT2D eigenvalue weighted by Gasteiger charge is 2.30. The summed E-state index contributed by atoms with van der Waals surface area (Å²) in [6, 6.07) is 0. The monoisotopic (exact) mass is 246 g/mol. The summed E-state index contributed by atoms with van der Waals surface area (Å²) >= 11 is 1.52. The Hall–Kier alpha value is -0.620. The maximum atomic E-state index is 11.5. The summed E-state index contributed by atoms with van der Waals surface area (Å²) in [5.41, 5.74) is 0.969. The Labute approximate surface area is 93.7 Å². The van der Waals surface area contributed by atoms with Crippen molar-refractivity contribution in [1.82, 2.24) is 4.98 Å². The Balaban J connectivity index is 1.94. The normalized spacial score (nSPS) is 24.2. The highest BCUT2D eigenvalue weighted by molar-refractivity contribution is 7.92. The van der Waals surface area contributed by atoms with E-state index in [0.29, 0.717) is 12.3 Å². The molecule has 1 aromatic heterocycles. The molecular weight excluding hydrogens is 232 g/mol. The molecule has 0 aliphatic carbocycles. The molecule has 1 N–H and O–H groups in total. The summed E-state index contributed by atoms with van der Waals surface area (Å²) in [5.74, 6) is 0.343. The van der Waals surface area contributed by atoms with Gasteiger partial charge in [-0.25, -0.2) is 13.4 Å². The van der Waals surface area contributed by atoms with Crippen LogP contribution in [0.1, 0.15) is 18.5 Å². The third-order valence-corrected chi connectivity index (χ3v) is 5.76. The zero-order valence-electron chi connectivity index (χ0n) is 8.56. The summed E-state index contributed by atoms with van der Waals surface area (Å²) in [7, 11) is -2.84. The van der Waals surface area contributed by atoms with Gasteiger partial charge in [-0.15, -0.1) is 11.3 Å². The van der Waals surface area contributed by atoms with Gasteiger partial charge in [0.25, 0.3) is 0 Å². The number of aromatic nitrogens is 1. The minimum atomic E-state index is -2.84. The van der Waals surface area contributed by atoms with Crippen molar-refractivity contribution < 1.29 is 8.42 Å². The number of sulfone groups is 1. The number of hydrogen-bond donors (Lipinski definition) is 1. The quantitative estimate of drug-likeness (QED) is 0.876. The van der Waals surface area contributed by atoms with Crippen molar-refractivity contribution in [2.75, 3.05) is 17.6 Å². The van der Waals surface area contributed by atoms with Gasteiger partial charge >= 0.3 is 0 Å². The lowest BCUT2D eigenvalue weighted by Crippen LogP contribution is -2.24. The van der Waals surface area contributed by atoms with Gasteiger partial charge in [0.05, 0.1) is 16.7 Å². The largest absolute Gasteiger partial charge is 0.360 e. The minimum Gasteiger partial charge on any atom is -0.360 e. The second-order valence-electron chi connectivity index (χ2n) is 3.81. The summed E-state index contributed by atoms with van der Waals surface area (Å²) in [6.07, 6.45) is 1.57. The number of rotatable bonds is 3. The van der Waals surface area contributed by atoms with E-state index < -0.39 is 9.84 Å². The molecule has 1 unspecified atom stereocenters. The highest BCUT2D eigenvalue weighted by atomic mass is 32.2. The first-order valence-corrected chi connectivity index (χ1v) is 7.55. The lowest BCUT2D eigenvalue weighted by molar-refractivity contribution is 0.591. The van der Waals surface area contributed by atoms with Gasteiger partial charge in [-0.1, -0.05) is 0 Å². The summed E-state index contributed by atoms with van der Waals surface area (Å²) in [5, 5.41) is 5.63. The van der Waals surface area contributed by atoms with E-state index in [0.717, 1.165) is 23.7 Å².